The number of carbonyl (C=O) groups is 1. The second kappa shape index (κ2) is 2.81. The number of quaternary nitrogens is 1. The van der Waals surface area contributed by atoms with Gasteiger partial charge in [0.2, 0.25) is 0 Å². The third kappa shape index (κ3) is 2.08. The molecule has 0 aromatic rings. The van der Waals surface area contributed by atoms with Crippen molar-refractivity contribution in [1.29, 1.82) is 0 Å². The Morgan fingerprint density at radius 2 is 2.11 bits per heavy atom. The van der Waals surface area contributed by atoms with Crippen LogP contribution in [0.2, 0.25) is 0 Å². The van der Waals surface area contributed by atoms with E-state index in [2.05, 4.69) is 0 Å². The number of hydrogen-bond donors (Lipinski definition) is 1. The van der Waals surface area contributed by atoms with Crippen LogP contribution in [-0.4, -0.2) is 20.9 Å². The molecule has 1 unspecified atom stereocenters. The van der Waals surface area contributed by atoms with Gasteiger partial charge in [-0.25, -0.2) is 10.0 Å². The largest absolute Gasteiger partial charge is 0.589 e. The summed E-state index contributed by atoms with van der Waals surface area (Å²) in [5, 5.41) is 18.8. The fraction of sp³-hybridized carbons (Fsp3) is 0.667. The molecule has 0 saturated heterocycles. The van der Waals surface area contributed by atoms with Crippen molar-refractivity contribution in [3.63, 3.8) is 0 Å². The second-order valence-corrected chi connectivity index (χ2v) is 2.47. The Bertz CT molecular complexity index is 124. The Kier molecular flexibility index (Phi) is 2.85. The molecule has 1 N–H and O–H groups in total. The predicted molar refractivity (Wildman–Crippen MR) is 31.6 cm³/mol. The molecule has 54 valence electrons. The normalized spacial score (nSPS) is 17.6. The minimum atomic E-state index is -2.25. The predicted octanol–water partition coefficient (Wildman–Crippen LogP) is 0.998. The van der Waals surface area contributed by atoms with Crippen LogP contribution >= 0.6 is 23.2 Å². The number of alkyl halides is 2. The zero-order valence-electron chi connectivity index (χ0n) is 4.54. The molecule has 0 radical (unpaired) electrons. The van der Waals surface area contributed by atoms with Crippen molar-refractivity contribution in [3.05, 3.63) is 5.21 Å². The fourth-order valence-corrected chi connectivity index (χ4v) is 0.412. The number of hydroxylamine groups is 4. The van der Waals surface area contributed by atoms with E-state index in [4.69, 9.17) is 28.4 Å². The molecule has 1 amide bonds. The standard InChI is InChI=1S/C3H5Cl2NO3/c1-2(7)6(8,9)3(4)5/h3,8H,1H3. The molecule has 0 fully saturated rings. The topological polar surface area (TPSA) is 60.4 Å². The van der Waals surface area contributed by atoms with Crippen LogP contribution in [0.15, 0.2) is 0 Å². The molecule has 0 aliphatic rings. The smallest absolute Gasteiger partial charge is 0.345 e. The van der Waals surface area contributed by atoms with Crippen LogP contribution in [-0.2, 0) is 4.79 Å². The average Bonchev–Trinajstić information content (AvgIpc) is 1.65. The van der Waals surface area contributed by atoms with Crippen molar-refractivity contribution in [2.75, 3.05) is 0 Å². The lowest BCUT2D eigenvalue weighted by atomic mass is 10.7. The second-order valence-electron chi connectivity index (χ2n) is 1.42. The van der Waals surface area contributed by atoms with Crippen molar-refractivity contribution in [2.24, 2.45) is 0 Å². The molecule has 0 aromatic carbocycles. The van der Waals surface area contributed by atoms with E-state index in [0.717, 1.165) is 6.92 Å². The van der Waals surface area contributed by atoms with Gasteiger partial charge >= 0.3 is 5.91 Å². The van der Waals surface area contributed by atoms with Gasteiger partial charge in [0.15, 0.2) is 0 Å². The third-order valence-corrected chi connectivity index (χ3v) is 1.24. The van der Waals surface area contributed by atoms with E-state index < -0.39 is 15.7 Å². The maximum atomic E-state index is 10.4. The molecule has 0 heterocycles. The molecule has 0 aromatic heterocycles. The van der Waals surface area contributed by atoms with E-state index in [-0.39, 0.29) is 0 Å². The SMILES string of the molecule is CC(=O)[N+]([O-])(O)C(Cl)Cl. The van der Waals surface area contributed by atoms with Gasteiger partial charge in [0, 0.05) is 0 Å². The van der Waals surface area contributed by atoms with E-state index in [9.17, 15) is 10.0 Å². The molecular formula is C3H5Cl2NO3. The van der Waals surface area contributed by atoms with Gasteiger partial charge in [-0.3, -0.25) is 0 Å². The quantitative estimate of drug-likeness (QED) is 0.212. The van der Waals surface area contributed by atoms with E-state index in [1.54, 1.807) is 0 Å². The fourth-order valence-electron chi connectivity index (χ4n) is 0.137. The number of rotatable bonds is 1. The lowest BCUT2D eigenvalue weighted by Crippen LogP contribution is -2.45. The van der Waals surface area contributed by atoms with E-state index in [0.29, 0.717) is 0 Å². The Labute approximate surface area is 61.7 Å². The van der Waals surface area contributed by atoms with Gasteiger partial charge in [-0.15, -0.1) is 4.81 Å². The molecular weight excluding hydrogens is 169 g/mol. The number of amides is 1. The average molecular weight is 174 g/mol. The molecule has 0 bridgehead atoms. The van der Waals surface area contributed by atoms with Crippen LogP contribution in [0.25, 0.3) is 0 Å². The monoisotopic (exact) mass is 173 g/mol. The molecule has 4 nitrogen and oxygen atoms in total. The third-order valence-electron chi connectivity index (χ3n) is 0.716. The van der Waals surface area contributed by atoms with Crippen molar-refractivity contribution in [2.45, 2.75) is 11.9 Å². The molecule has 6 heteroatoms. The van der Waals surface area contributed by atoms with Gasteiger partial charge in [-0.2, -0.15) is 0 Å². The summed E-state index contributed by atoms with van der Waals surface area (Å²) in [6.07, 6.45) is 0. The highest BCUT2D eigenvalue weighted by Crippen LogP contribution is 2.15. The van der Waals surface area contributed by atoms with Crippen LogP contribution in [0.5, 0.6) is 0 Å². The van der Waals surface area contributed by atoms with Gasteiger partial charge in [-0.05, 0) is 23.2 Å². The molecule has 0 aliphatic carbocycles. The molecule has 0 aliphatic heterocycles. The zero-order chi connectivity index (χ0) is 7.65. The summed E-state index contributed by atoms with van der Waals surface area (Å²) in [6, 6.07) is 0. The molecule has 9 heavy (non-hydrogen) atoms. The van der Waals surface area contributed by atoms with Gasteiger partial charge in [-0.1, -0.05) is 0 Å². The van der Waals surface area contributed by atoms with Gasteiger partial charge in [0.1, 0.15) is 0 Å². The van der Waals surface area contributed by atoms with E-state index >= 15 is 0 Å². The minimum Gasteiger partial charge on any atom is -0.589 e. The lowest BCUT2D eigenvalue weighted by Gasteiger charge is -2.29. The van der Waals surface area contributed by atoms with Crippen molar-refractivity contribution in [3.8, 4) is 0 Å². The summed E-state index contributed by atoms with van der Waals surface area (Å²) in [4.78, 5) is 6.22. The summed E-state index contributed by atoms with van der Waals surface area (Å²) in [7, 11) is 0. The minimum absolute atomic E-state index is 0.894. The summed E-state index contributed by atoms with van der Waals surface area (Å²) in [5.41, 5.74) is 0. The summed E-state index contributed by atoms with van der Waals surface area (Å²) in [5.74, 6) is -1.05. The maximum absolute atomic E-state index is 10.4. The van der Waals surface area contributed by atoms with E-state index in [1.165, 1.54) is 0 Å². The number of halogens is 2. The van der Waals surface area contributed by atoms with Gasteiger partial charge in [0.05, 0.1) is 6.92 Å². The summed E-state index contributed by atoms with van der Waals surface area (Å²) >= 11 is 9.84. The van der Waals surface area contributed by atoms with Crippen molar-refractivity contribution < 1.29 is 14.8 Å². The first-order valence-electron chi connectivity index (χ1n) is 2.00. The Morgan fingerprint density at radius 3 is 2.11 bits per heavy atom. The number of carbonyl (C=O) groups excluding carboxylic acids is 1. The molecule has 0 spiro atoms. The number of nitrogens with zero attached hydrogens (tertiary/aromatic N) is 1. The van der Waals surface area contributed by atoms with Crippen molar-refractivity contribution >= 4 is 29.1 Å². The lowest BCUT2D eigenvalue weighted by molar-refractivity contribution is -0.999. The Morgan fingerprint density at radius 1 is 1.78 bits per heavy atom. The van der Waals surface area contributed by atoms with Gasteiger partial charge in [0.25, 0.3) is 4.96 Å². The van der Waals surface area contributed by atoms with E-state index in [1.807, 2.05) is 0 Å². The first kappa shape index (κ1) is 9.13. The van der Waals surface area contributed by atoms with Gasteiger partial charge < -0.3 is 5.21 Å². The molecule has 0 rings (SSSR count). The zero-order valence-corrected chi connectivity index (χ0v) is 6.06. The highest BCUT2D eigenvalue weighted by atomic mass is 35.5. The maximum Gasteiger partial charge on any atom is 0.345 e. The van der Waals surface area contributed by atoms with Crippen LogP contribution in [0.1, 0.15) is 6.92 Å². The highest BCUT2D eigenvalue weighted by molar-refractivity contribution is 6.43. The van der Waals surface area contributed by atoms with Crippen LogP contribution in [0.4, 0.5) is 0 Å². The summed E-state index contributed by atoms with van der Waals surface area (Å²) in [6.45, 7) is 0.894. The first-order valence-corrected chi connectivity index (χ1v) is 2.88. The van der Waals surface area contributed by atoms with Crippen molar-refractivity contribution in [1.82, 2.24) is 0 Å². The highest BCUT2D eigenvalue weighted by Gasteiger charge is 2.28. The summed E-state index contributed by atoms with van der Waals surface area (Å²) < 4.78 is 0. The Hall–Kier alpha value is 0.130. The van der Waals surface area contributed by atoms with Crippen LogP contribution < -0.4 is 0 Å². The molecule has 0 saturated carbocycles. The first-order chi connectivity index (χ1) is 3.89. The van der Waals surface area contributed by atoms with Crippen LogP contribution in [0.3, 0.4) is 0 Å². The Balaban J connectivity index is 4.19. The van der Waals surface area contributed by atoms with Crippen LogP contribution in [0, 0.1) is 5.21 Å². The number of hydrogen-bond acceptors (Lipinski definition) is 3. The molecule has 1 atom stereocenters.